The molecule has 0 bridgehead atoms. The number of carbonyl (C=O) groups excluding carboxylic acids is 1. The molecule has 0 saturated carbocycles. The zero-order chi connectivity index (χ0) is 21.4. The molecule has 0 unspecified atom stereocenters. The summed E-state index contributed by atoms with van der Waals surface area (Å²) in [5, 5.41) is 5.17. The molecule has 31 heavy (non-hydrogen) atoms. The molecule has 3 heterocycles. The summed E-state index contributed by atoms with van der Waals surface area (Å²) in [6, 6.07) is 19.1. The van der Waals surface area contributed by atoms with E-state index in [2.05, 4.69) is 25.9 Å². The molecule has 5 rings (SSSR count). The maximum absolute atomic E-state index is 13.2. The van der Waals surface area contributed by atoms with Crippen LogP contribution in [-0.2, 0) is 7.05 Å². The summed E-state index contributed by atoms with van der Waals surface area (Å²) in [4.78, 5) is 26.7. The van der Waals surface area contributed by atoms with Crippen LogP contribution in [-0.4, -0.2) is 30.6 Å². The molecular weight excluding hydrogens is 390 g/mol. The number of amides is 1. The first-order valence-corrected chi connectivity index (χ1v) is 9.78. The van der Waals surface area contributed by atoms with E-state index in [1.807, 2.05) is 68.6 Å². The van der Waals surface area contributed by atoms with Crippen LogP contribution in [0.25, 0.3) is 33.3 Å². The van der Waals surface area contributed by atoms with E-state index in [-0.39, 0.29) is 5.91 Å². The predicted molar refractivity (Wildman–Crippen MR) is 119 cm³/mol. The number of nitrogens with zero attached hydrogens (tertiary/aromatic N) is 5. The molecule has 1 amide bonds. The number of anilines is 1. The lowest BCUT2D eigenvalue weighted by Gasteiger charge is -2.11. The zero-order valence-electron chi connectivity index (χ0n) is 17.0. The number of pyridine rings is 1. The van der Waals surface area contributed by atoms with Gasteiger partial charge in [0.1, 0.15) is 0 Å². The number of para-hydroxylation sites is 2. The first kappa shape index (κ1) is 18.7. The smallest absolute Gasteiger partial charge is 0.270 e. The van der Waals surface area contributed by atoms with Gasteiger partial charge < -0.3 is 0 Å². The Hall–Kier alpha value is -4.33. The van der Waals surface area contributed by atoms with E-state index in [4.69, 9.17) is 4.98 Å². The third-order valence-electron chi connectivity index (χ3n) is 5.04. The molecule has 2 N–H and O–H groups in total. The minimum atomic E-state index is -0.310. The second kappa shape index (κ2) is 7.49. The fourth-order valence-electron chi connectivity index (χ4n) is 3.59. The van der Waals surface area contributed by atoms with Crippen LogP contribution in [0.3, 0.4) is 0 Å². The topological polar surface area (TPSA) is 97.6 Å². The van der Waals surface area contributed by atoms with Gasteiger partial charge in [0.2, 0.25) is 0 Å². The summed E-state index contributed by atoms with van der Waals surface area (Å²) < 4.78 is 1.69. The van der Waals surface area contributed by atoms with E-state index < -0.39 is 0 Å². The largest absolute Gasteiger partial charge is 0.280 e. The average molecular weight is 409 g/mol. The highest BCUT2D eigenvalue weighted by Gasteiger charge is 2.19. The van der Waals surface area contributed by atoms with Crippen molar-refractivity contribution in [3.63, 3.8) is 0 Å². The number of aromatic nitrogens is 5. The monoisotopic (exact) mass is 409 g/mol. The van der Waals surface area contributed by atoms with Gasteiger partial charge in [-0.05, 0) is 25.1 Å². The van der Waals surface area contributed by atoms with Crippen molar-refractivity contribution < 1.29 is 4.79 Å². The van der Waals surface area contributed by atoms with Crippen molar-refractivity contribution in [2.75, 3.05) is 5.43 Å². The average Bonchev–Trinajstić information content (AvgIpc) is 3.10. The highest BCUT2D eigenvalue weighted by atomic mass is 16.2. The van der Waals surface area contributed by atoms with E-state index in [9.17, 15) is 4.79 Å². The Balaban J connectivity index is 1.51. The van der Waals surface area contributed by atoms with Gasteiger partial charge in [0.25, 0.3) is 5.91 Å². The van der Waals surface area contributed by atoms with E-state index in [0.29, 0.717) is 28.1 Å². The lowest BCUT2D eigenvalue weighted by Crippen LogP contribution is -2.30. The lowest BCUT2D eigenvalue weighted by molar-refractivity contribution is 0.0964. The molecule has 0 saturated heterocycles. The van der Waals surface area contributed by atoms with Crippen molar-refractivity contribution in [2.45, 2.75) is 6.92 Å². The van der Waals surface area contributed by atoms with Crippen LogP contribution in [0.1, 0.15) is 16.1 Å². The fraction of sp³-hybridized carbons (Fsp3) is 0.0870. The molecule has 2 aromatic carbocycles. The standard InChI is InChI=1S/C23H19N7O/c1-14-21-16(12-19(15-8-4-3-5-9-15)26-22(21)30(2)29-14)23(31)28-27-20-13-24-17-10-6-7-11-18(17)25-20/h3-13H,1-2H3,(H,25,27)(H,28,31). The summed E-state index contributed by atoms with van der Waals surface area (Å²) in [5.41, 5.74) is 10.6. The van der Waals surface area contributed by atoms with Gasteiger partial charge in [-0.15, -0.1) is 0 Å². The van der Waals surface area contributed by atoms with Gasteiger partial charge in [0.15, 0.2) is 11.5 Å². The molecule has 8 nitrogen and oxygen atoms in total. The van der Waals surface area contributed by atoms with Crippen LogP contribution in [0.4, 0.5) is 5.82 Å². The molecule has 5 aromatic rings. The molecule has 0 atom stereocenters. The Labute approximate surface area is 178 Å². The van der Waals surface area contributed by atoms with Gasteiger partial charge in [0, 0.05) is 12.6 Å². The third kappa shape index (κ3) is 3.44. The second-order valence-electron chi connectivity index (χ2n) is 7.15. The molecule has 0 aliphatic carbocycles. The van der Waals surface area contributed by atoms with Crippen LogP contribution in [0.2, 0.25) is 0 Å². The van der Waals surface area contributed by atoms with Crippen molar-refractivity contribution in [3.05, 3.63) is 78.1 Å². The van der Waals surface area contributed by atoms with E-state index in [1.54, 1.807) is 16.9 Å². The highest BCUT2D eigenvalue weighted by molar-refractivity contribution is 6.07. The van der Waals surface area contributed by atoms with Gasteiger partial charge in [-0.1, -0.05) is 42.5 Å². The normalized spacial score (nSPS) is 11.0. The summed E-state index contributed by atoms with van der Waals surface area (Å²) in [6.45, 7) is 1.87. The highest BCUT2D eigenvalue weighted by Crippen LogP contribution is 2.26. The third-order valence-corrected chi connectivity index (χ3v) is 5.04. The predicted octanol–water partition coefficient (Wildman–Crippen LogP) is 3.64. The van der Waals surface area contributed by atoms with Gasteiger partial charge in [0.05, 0.1) is 39.6 Å². The van der Waals surface area contributed by atoms with Crippen molar-refractivity contribution in [2.24, 2.45) is 7.05 Å². The minimum absolute atomic E-state index is 0.310. The number of benzene rings is 2. The number of hydrogen-bond donors (Lipinski definition) is 2. The van der Waals surface area contributed by atoms with Crippen LogP contribution >= 0.6 is 0 Å². The molecule has 8 heteroatoms. The number of nitrogens with one attached hydrogen (secondary N) is 2. The second-order valence-corrected chi connectivity index (χ2v) is 7.15. The van der Waals surface area contributed by atoms with Crippen LogP contribution in [0.15, 0.2) is 66.9 Å². The number of hydrogen-bond acceptors (Lipinski definition) is 6. The molecule has 0 aliphatic rings. The molecule has 0 fully saturated rings. The van der Waals surface area contributed by atoms with E-state index in [1.165, 1.54) is 0 Å². The van der Waals surface area contributed by atoms with Crippen molar-refractivity contribution in [3.8, 4) is 11.3 Å². The number of aryl methyl sites for hydroxylation is 2. The van der Waals surface area contributed by atoms with Gasteiger partial charge in [-0.2, -0.15) is 5.10 Å². The molecule has 0 aliphatic heterocycles. The van der Waals surface area contributed by atoms with Gasteiger partial charge in [-0.3, -0.25) is 25.3 Å². The Morgan fingerprint density at radius 1 is 0.968 bits per heavy atom. The SMILES string of the molecule is Cc1nn(C)c2nc(-c3ccccc3)cc(C(=O)NNc3cnc4ccccc4n3)c12. The molecular formula is C23H19N7O. The Morgan fingerprint density at radius 3 is 2.52 bits per heavy atom. The summed E-state index contributed by atoms with van der Waals surface area (Å²) >= 11 is 0. The zero-order valence-corrected chi connectivity index (χ0v) is 17.0. The number of carbonyl (C=O) groups is 1. The van der Waals surface area contributed by atoms with Crippen molar-refractivity contribution in [1.82, 2.24) is 30.2 Å². The Morgan fingerprint density at radius 2 is 1.71 bits per heavy atom. The first-order chi connectivity index (χ1) is 15.1. The maximum atomic E-state index is 13.2. The summed E-state index contributed by atoms with van der Waals surface area (Å²) in [5.74, 6) is 0.138. The van der Waals surface area contributed by atoms with Crippen molar-refractivity contribution in [1.29, 1.82) is 0 Å². The van der Waals surface area contributed by atoms with Crippen molar-refractivity contribution >= 4 is 33.8 Å². The number of fused-ring (bicyclic) bond motifs is 2. The van der Waals surface area contributed by atoms with Gasteiger partial charge >= 0.3 is 0 Å². The molecule has 3 aromatic heterocycles. The number of rotatable bonds is 4. The van der Waals surface area contributed by atoms with Crippen LogP contribution in [0, 0.1) is 6.92 Å². The molecule has 0 radical (unpaired) electrons. The minimum Gasteiger partial charge on any atom is -0.280 e. The molecule has 152 valence electrons. The van der Waals surface area contributed by atoms with E-state index >= 15 is 0 Å². The lowest BCUT2D eigenvalue weighted by atomic mass is 10.1. The summed E-state index contributed by atoms with van der Waals surface area (Å²) in [6.07, 6.45) is 1.58. The molecule has 0 spiro atoms. The Bertz CT molecular complexity index is 1430. The van der Waals surface area contributed by atoms with Crippen LogP contribution < -0.4 is 10.9 Å². The quantitative estimate of drug-likeness (QED) is 0.440. The fourth-order valence-corrected chi connectivity index (χ4v) is 3.59. The first-order valence-electron chi connectivity index (χ1n) is 9.78. The number of hydrazine groups is 1. The Kier molecular flexibility index (Phi) is 4.51. The van der Waals surface area contributed by atoms with E-state index in [0.717, 1.165) is 22.3 Å². The summed E-state index contributed by atoms with van der Waals surface area (Å²) in [7, 11) is 1.82. The van der Waals surface area contributed by atoms with Gasteiger partial charge in [-0.25, -0.2) is 9.97 Å². The van der Waals surface area contributed by atoms with Crippen LogP contribution in [0.5, 0.6) is 0 Å². The maximum Gasteiger partial charge on any atom is 0.270 e.